The average Bonchev–Trinajstić information content (AvgIpc) is 2.19. The number of aryl methyl sites for hydroxylation is 1. The van der Waals surface area contributed by atoms with Crippen LogP contribution in [0.1, 0.15) is 11.1 Å². The van der Waals surface area contributed by atoms with Gasteiger partial charge in [0.1, 0.15) is 0 Å². The number of rotatable bonds is 1. The first kappa shape index (κ1) is 9.44. The zero-order valence-corrected chi connectivity index (χ0v) is 8.46. The lowest BCUT2D eigenvalue weighted by Crippen LogP contribution is -2.37. The van der Waals surface area contributed by atoms with Crippen LogP contribution in [0.4, 0.5) is 0 Å². The Morgan fingerprint density at radius 2 is 2.00 bits per heavy atom. The summed E-state index contributed by atoms with van der Waals surface area (Å²) >= 11 is 0. The van der Waals surface area contributed by atoms with Crippen LogP contribution in [0.15, 0.2) is 30.3 Å². The molecule has 2 heteroatoms. The van der Waals surface area contributed by atoms with E-state index < -0.39 is 0 Å². The highest BCUT2D eigenvalue weighted by molar-refractivity contribution is 5.68. The number of hydrogen-bond donors (Lipinski definition) is 2. The molecule has 1 aliphatic heterocycles. The van der Waals surface area contributed by atoms with Crippen molar-refractivity contribution >= 4 is 5.57 Å². The lowest BCUT2D eigenvalue weighted by molar-refractivity contribution is 0.663. The molecule has 1 aliphatic rings. The standard InChI is InChI=1S/C12H16N2/c1-9-2-4-10(5-3-9)11-6-12(13)8-14-7-11/h2-6,12,14H,7-8,13H2,1H3. The summed E-state index contributed by atoms with van der Waals surface area (Å²) in [6.45, 7) is 3.91. The fourth-order valence-corrected chi connectivity index (χ4v) is 1.72. The largest absolute Gasteiger partial charge is 0.323 e. The molecule has 2 rings (SSSR count). The molecule has 1 atom stereocenters. The highest BCUT2D eigenvalue weighted by atomic mass is 14.9. The molecule has 0 aliphatic carbocycles. The second-order valence-corrected chi connectivity index (χ2v) is 3.85. The zero-order valence-electron chi connectivity index (χ0n) is 8.46. The van der Waals surface area contributed by atoms with E-state index in [1.165, 1.54) is 16.7 Å². The fraction of sp³-hybridized carbons (Fsp3) is 0.333. The summed E-state index contributed by atoms with van der Waals surface area (Å²) in [6, 6.07) is 8.73. The molecule has 14 heavy (non-hydrogen) atoms. The molecule has 0 amide bonds. The van der Waals surface area contributed by atoms with Crippen molar-refractivity contribution in [3.8, 4) is 0 Å². The van der Waals surface area contributed by atoms with Gasteiger partial charge in [-0.3, -0.25) is 0 Å². The fourth-order valence-electron chi connectivity index (χ4n) is 1.72. The summed E-state index contributed by atoms with van der Waals surface area (Å²) in [5.74, 6) is 0. The van der Waals surface area contributed by atoms with Gasteiger partial charge < -0.3 is 11.1 Å². The number of nitrogens with one attached hydrogen (secondary N) is 1. The molecule has 0 spiro atoms. The normalized spacial score (nSPS) is 21.9. The molecule has 0 saturated heterocycles. The Balaban J connectivity index is 2.26. The van der Waals surface area contributed by atoms with Crippen LogP contribution < -0.4 is 11.1 Å². The maximum atomic E-state index is 5.85. The van der Waals surface area contributed by atoms with Gasteiger partial charge in [-0.05, 0) is 18.1 Å². The summed E-state index contributed by atoms with van der Waals surface area (Å²) in [7, 11) is 0. The van der Waals surface area contributed by atoms with Crippen LogP contribution in [0, 0.1) is 6.92 Å². The Kier molecular flexibility index (Phi) is 2.66. The van der Waals surface area contributed by atoms with E-state index >= 15 is 0 Å². The van der Waals surface area contributed by atoms with Gasteiger partial charge in [0.2, 0.25) is 0 Å². The molecule has 0 radical (unpaired) electrons. The smallest absolute Gasteiger partial charge is 0.0357 e. The van der Waals surface area contributed by atoms with Crippen LogP contribution in [0.3, 0.4) is 0 Å². The summed E-state index contributed by atoms with van der Waals surface area (Å²) in [5.41, 5.74) is 9.73. The molecule has 3 N–H and O–H groups in total. The first-order chi connectivity index (χ1) is 6.75. The predicted octanol–water partition coefficient (Wildman–Crippen LogP) is 1.31. The Morgan fingerprint density at radius 1 is 1.29 bits per heavy atom. The molecule has 74 valence electrons. The SMILES string of the molecule is Cc1ccc(C2=CC(N)CNC2)cc1. The molecule has 1 heterocycles. The van der Waals surface area contributed by atoms with Crippen LogP contribution in [0.5, 0.6) is 0 Å². The van der Waals surface area contributed by atoms with Gasteiger partial charge in [-0.15, -0.1) is 0 Å². The predicted molar refractivity (Wildman–Crippen MR) is 60.0 cm³/mol. The summed E-state index contributed by atoms with van der Waals surface area (Å²) in [6.07, 6.45) is 2.15. The molecule has 0 fully saturated rings. The van der Waals surface area contributed by atoms with Crippen LogP contribution in [-0.2, 0) is 0 Å². The summed E-state index contributed by atoms with van der Waals surface area (Å²) < 4.78 is 0. The van der Waals surface area contributed by atoms with Gasteiger partial charge in [0, 0.05) is 19.1 Å². The van der Waals surface area contributed by atoms with Crippen LogP contribution >= 0.6 is 0 Å². The molecule has 1 unspecified atom stereocenters. The number of nitrogens with two attached hydrogens (primary N) is 1. The third-order valence-corrected chi connectivity index (χ3v) is 2.53. The number of benzene rings is 1. The molecule has 1 aromatic carbocycles. The highest BCUT2D eigenvalue weighted by Gasteiger charge is 2.09. The molecule has 1 aromatic rings. The Hall–Kier alpha value is -1.12. The molecule has 0 saturated carbocycles. The minimum atomic E-state index is 0.153. The average molecular weight is 188 g/mol. The van der Waals surface area contributed by atoms with E-state index in [4.69, 9.17) is 5.73 Å². The summed E-state index contributed by atoms with van der Waals surface area (Å²) in [5, 5.41) is 3.30. The van der Waals surface area contributed by atoms with Gasteiger partial charge >= 0.3 is 0 Å². The minimum Gasteiger partial charge on any atom is -0.323 e. The van der Waals surface area contributed by atoms with Crippen molar-refractivity contribution in [2.45, 2.75) is 13.0 Å². The van der Waals surface area contributed by atoms with E-state index in [2.05, 4.69) is 42.6 Å². The maximum absolute atomic E-state index is 5.85. The van der Waals surface area contributed by atoms with E-state index in [1.807, 2.05) is 0 Å². The first-order valence-electron chi connectivity index (χ1n) is 5.00. The lowest BCUT2D eigenvalue weighted by Gasteiger charge is -2.19. The second-order valence-electron chi connectivity index (χ2n) is 3.85. The third-order valence-electron chi connectivity index (χ3n) is 2.53. The minimum absolute atomic E-state index is 0.153. The molecule has 0 bridgehead atoms. The zero-order chi connectivity index (χ0) is 9.97. The first-order valence-corrected chi connectivity index (χ1v) is 5.00. The van der Waals surface area contributed by atoms with E-state index in [9.17, 15) is 0 Å². The van der Waals surface area contributed by atoms with Crippen molar-refractivity contribution in [1.29, 1.82) is 0 Å². The van der Waals surface area contributed by atoms with Gasteiger partial charge in [-0.2, -0.15) is 0 Å². The Bertz CT molecular complexity index is 338. The second kappa shape index (κ2) is 3.95. The molecule has 2 nitrogen and oxygen atoms in total. The van der Waals surface area contributed by atoms with E-state index in [1.54, 1.807) is 0 Å². The van der Waals surface area contributed by atoms with Gasteiger partial charge in [0.15, 0.2) is 0 Å². The maximum Gasteiger partial charge on any atom is 0.0357 e. The van der Waals surface area contributed by atoms with Crippen LogP contribution in [0.2, 0.25) is 0 Å². The summed E-state index contributed by atoms with van der Waals surface area (Å²) in [4.78, 5) is 0. The van der Waals surface area contributed by atoms with E-state index in [-0.39, 0.29) is 6.04 Å². The van der Waals surface area contributed by atoms with Crippen molar-refractivity contribution in [3.63, 3.8) is 0 Å². The van der Waals surface area contributed by atoms with Crippen molar-refractivity contribution in [1.82, 2.24) is 5.32 Å². The van der Waals surface area contributed by atoms with Gasteiger partial charge in [-0.25, -0.2) is 0 Å². The number of hydrogen-bond acceptors (Lipinski definition) is 2. The third kappa shape index (κ3) is 2.03. The Morgan fingerprint density at radius 3 is 2.64 bits per heavy atom. The van der Waals surface area contributed by atoms with Gasteiger partial charge in [0.25, 0.3) is 0 Å². The van der Waals surface area contributed by atoms with E-state index in [0.29, 0.717) is 0 Å². The highest BCUT2D eigenvalue weighted by Crippen LogP contribution is 2.16. The van der Waals surface area contributed by atoms with Gasteiger partial charge in [-0.1, -0.05) is 35.9 Å². The van der Waals surface area contributed by atoms with Crippen LogP contribution in [-0.4, -0.2) is 19.1 Å². The van der Waals surface area contributed by atoms with Crippen molar-refractivity contribution in [3.05, 3.63) is 41.5 Å². The molecular formula is C12H16N2. The Labute approximate surface area is 84.8 Å². The van der Waals surface area contributed by atoms with Crippen molar-refractivity contribution in [2.24, 2.45) is 5.73 Å². The molecule has 0 aromatic heterocycles. The van der Waals surface area contributed by atoms with E-state index in [0.717, 1.165) is 13.1 Å². The van der Waals surface area contributed by atoms with Gasteiger partial charge in [0.05, 0.1) is 0 Å². The van der Waals surface area contributed by atoms with Crippen molar-refractivity contribution < 1.29 is 0 Å². The topological polar surface area (TPSA) is 38.0 Å². The van der Waals surface area contributed by atoms with Crippen molar-refractivity contribution in [2.75, 3.05) is 13.1 Å². The van der Waals surface area contributed by atoms with Crippen LogP contribution in [0.25, 0.3) is 5.57 Å². The molecular weight excluding hydrogens is 172 g/mol. The lowest BCUT2D eigenvalue weighted by atomic mass is 10.00. The quantitative estimate of drug-likeness (QED) is 0.697. The monoisotopic (exact) mass is 188 g/mol.